The van der Waals surface area contributed by atoms with Crippen LogP contribution in [-0.4, -0.2) is 42.9 Å². The zero-order valence-corrected chi connectivity index (χ0v) is 18.0. The van der Waals surface area contributed by atoms with Crippen molar-refractivity contribution < 1.29 is 9.50 Å². The Hall–Kier alpha value is -0.840. The Balaban J connectivity index is 0.00000338. The van der Waals surface area contributed by atoms with E-state index < -0.39 is 0 Å². The molecule has 1 aliphatic heterocycles. The minimum atomic E-state index is -0.376. The molecule has 2 N–H and O–H groups in total. The highest BCUT2D eigenvalue weighted by molar-refractivity contribution is 5.85. The summed E-state index contributed by atoms with van der Waals surface area (Å²) >= 11 is 0. The van der Waals surface area contributed by atoms with Gasteiger partial charge in [-0.15, -0.1) is 12.4 Å². The van der Waals surface area contributed by atoms with E-state index >= 15 is 0 Å². The molecule has 2 rings (SSSR count). The van der Waals surface area contributed by atoms with Crippen LogP contribution in [0.25, 0.3) is 0 Å². The van der Waals surface area contributed by atoms with Gasteiger partial charge in [0.2, 0.25) is 0 Å². The van der Waals surface area contributed by atoms with Gasteiger partial charge in [0.15, 0.2) is 0 Å². The van der Waals surface area contributed by atoms with E-state index in [1.165, 1.54) is 5.56 Å². The maximum Gasteiger partial charge on any atom is 0.124 e. The van der Waals surface area contributed by atoms with Crippen LogP contribution >= 0.6 is 12.4 Å². The highest BCUT2D eigenvalue weighted by Crippen LogP contribution is 2.42. The van der Waals surface area contributed by atoms with E-state index in [-0.39, 0.29) is 36.0 Å². The van der Waals surface area contributed by atoms with Gasteiger partial charge in [0.25, 0.3) is 0 Å². The number of aromatic hydroxyl groups is 1. The second kappa shape index (κ2) is 8.90. The number of halogens is 2. The molecule has 150 valence electrons. The van der Waals surface area contributed by atoms with Crippen molar-refractivity contribution in [2.75, 3.05) is 32.9 Å². The average Bonchev–Trinajstić information content (AvgIpc) is 2.52. The number of hydrogen-bond donors (Lipinski definition) is 2. The number of benzene rings is 1. The molecule has 1 aromatic carbocycles. The van der Waals surface area contributed by atoms with Gasteiger partial charge >= 0.3 is 0 Å². The second-order valence-corrected chi connectivity index (χ2v) is 9.24. The third-order valence-corrected chi connectivity index (χ3v) is 5.15. The molecule has 0 aromatic heterocycles. The first kappa shape index (κ1) is 23.2. The fourth-order valence-electron chi connectivity index (χ4n) is 3.55. The maximum atomic E-state index is 13.4. The summed E-state index contributed by atoms with van der Waals surface area (Å²) in [5.41, 5.74) is 2.85. The van der Waals surface area contributed by atoms with E-state index in [1.807, 2.05) is 0 Å². The van der Waals surface area contributed by atoms with E-state index in [4.69, 9.17) is 0 Å². The van der Waals surface area contributed by atoms with E-state index in [0.717, 1.165) is 37.3 Å². The number of rotatable bonds is 4. The molecule has 0 aliphatic carbocycles. The molecule has 5 heteroatoms. The summed E-state index contributed by atoms with van der Waals surface area (Å²) in [4.78, 5) is 2.31. The third-order valence-electron chi connectivity index (χ3n) is 5.15. The summed E-state index contributed by atoms with van der Waals surface area (Å²) in [5.74, 6) is 0.345. The van der Waals surface area contributed by atoms with Crippen LogP contribution in [0.2, 0.25) is 0 Å². The largest absolute Gasteiger partial charge is 0.507 e. The molecule has 3 nitrogen and oxygen atoms in total. The lowest BCUT2D eigenvalue weighted by Gasteiger charge is -2.37. The zero-order chi connectivity index (χ0) is 18.8. The van der Waals surface area contributed by atoms with Crippen LogP contribution in [-0.2, 0) is 10.8 Å². The highest BCUT2D eigenvalue weighted by atomic mass is 35.5. The Bertz CT molecular complexity index is 587. The Kier molecular flexibility index (Phi) is 7.94. The van der Waals surface area contributed by atoms with Crippen molar-refractivity contribution >= 4 is 12.4 Å². The van der Waals surface area contributed by atoms with Gasteiger partial charge in [0.05, 0.1) is 6.67 Å². The summed E-state index contributed by atoms with van der Waals surface area (Å²) in [7, 11) is 0. The Morgan fingerprint density at radius 2 is 1.65 bits per heavy atom. The minimum Gasteiger partial charge on any atom is -0.507 e. The summed E-state index contributed by atoms with van der Waals surface area (Å²) in [6.07, 6.45) is 0.421. The lowest BCUT2D eigenvalue weighted by atomic mass is 9.77. The molecule has 26 heavy (non-hydrogen) atoms. The maximum absolute atomic E-state index is 13.4. The molecule has 1 aliphatic rings. The molecule has 1 aromatic rings. The first-order valence-electron chi connectivity index (χ1n) is 9.44. The normalized spacial score (nSPS) is 17.7. The predicted molar refractivity (Wildman–Crippen MR) is 111 cm³/mol. The summed E-state index contributed by atoms with van der Waals surface area (Å²) in [6.45, 7) is 16.1. The number of hydrogen-bond acceptors (Lipinski definition) is 3. The van der Waals surface area contributed by atoms with Crippen molar-refractivity contribution in [3.05, 3.63) is 28.8 Å². The molecule has 0 saturated carbocycles. The van der Waals surface area contributed by atoms with E-state index in [2.05, 4.69) is 63.9 Å². The van der Waals surface area contributed by atoms with Gasteiger partial charge in [-0.05, 0) is 34.4 Å². The van der Waals surface area contributed by atoms with Gasteiger partial charge in [-0.2, -0.15) is 0 Å². The number of phenolic OH excluding ortho intramolecular Hbond substituents is 1. The van der Waals surface area contributed by atoms with Crippen LogP contribution in [0, 0.1) is 0 Å². The lowest BCUT2D eigenvalue weighted by molar-refractivity contribution is 0.154. The van der Waals surface area contributed by atoms with Crippen LogP contribution in [0.1, 0.15) is 70.7 Å². The molecule has 1 atom stereocenters. The molecule has 1 saturated heterocycles. The van der Waals surface area contributed by atoms with Crippen LogP contribution in [0.15, 0.2) is 12.1 Å². The number of nitrogens with zero attached hydrogens (tertiary/aromatic N) is 1. The predicted octanol–water partition coefficient (Wildman–Crippen LogP) is 4.71. The average molecular weight is 387 g/mol. The third kappa shape index (κ3) is 5.34. The molecular formula is C21H36ClFN2O. The second-order valence-electron chi connectivity index (χ2n) is 9.24. The van der Waals surface area contributed by atoms with Crippen LogP contribution in [0.3, 0.4) is 0 Å². The van der Waals surface area contributed by atoms with Gasteiger partial charge in [0, 0.05) is 37.8 Å². The summed E-state index contributed by atoms with van der Waals surface area (Å²) in [5, 5.41) is 14.4. The molecule has 0 radical (unpaired) electrons. The van der Waals surface area contributed by atoms with E-state index in [9.17, 15) is 9.50 Å². The van der Waals surface area contributed by atoms with Crippen molar-refractivity contribution in [2.45, 2.75) is 64.8 Å². The van der Waals surface area contributed by atoms with Gasteiger partial charge in [-0.3, -0.25) is 9.29 Å². The number of piperazine rings is 1. The molecule has 0 unspecified atom stereocenters. The van der Waals surface area contributed by atoms with Crippen LogP contribution in [0.5, 0.6) is 5.75 Å². The van der Waals surface area contributed by atoms with Crippen molar-refractivity contribution in [3.63, 3.8) is 0 Å². The van der Waals surface area contributed by atoms with E-state index in [1.54, 1.807) is 0 Å². The lowest BCUT2D eigenvalue weighted by Crippen LogP contribution is -2.45. The Morgan fingerprint density at radius 3 is 2.12 bits per heavy atom. The van der Waals surface area contributed by atoms with Gasteiger partial charge in [0.1, 0.15) is 5.75 Å². The summed E-state index contributed by atoms with van der Waals surface area (Å²) < 4.78 is 13.4. The van der Waals surface area contributed by atoms with Gasteiger partial charge in [-0.1, -0.05) is 47.6 Å². The number of phenols is 1. The topological polar surface area (TPSA) is 35.5 Å². The van der Waals surface area contributed by atoms with E-state index in [0.29, 0.717) is 12.2 Å². The van der Waals surface area contributed by atoms with Crippen molar-refractivity contribution in [1.29, 1.82) is 0 Å². The Labute approximate surface area is 164 Å². The fourth-order valence-corrected chi connectivity index (χ4v) is 3.55. The Morgan fingerprint density at radius 1 is 1.08 bits per heavy atom. The highest BCUT2D eigenvalue weighted by Gasteiger charge is 2.30. The molecule has 0 spiro atoms. The summed E-state index contributed by atoms with van der Waals surface area (Å²) in [6, 6.07) is 4.16. The molecular weight excluding hydrogens is 351 g/mol. The van der Waals surface area contributed by atoms with Crippen molar-refractivity contribution in [2.24, 2.45) is 0 Å². The zero-order valence-electron chi connectivity index (χ0n) is 17.2. The van der Waals surface area contributed by atoms with Crippen molar-refractivity contribution in [1.82, 2.24) is 10.2 Å². The van der Waals surface area contributed by atoms with Crippen molar-refractivity contribution in [3.8, 4) is 5.75 Å². The van der Waals surface area contributed by atoms with Crippen LogP contribution in [0.4, 0.5) is 4.39 Å². The SMILES string of the molecule is CC(C)(C)c1cc([C@@H](CCF)N2CCNCC2)c(O)c(C(C)(C)C)c1.Cl. The number of nitrogens with one attached hydrogen (secondary N) is 1. The first-order chi connectivity index (χ1) is 11.6. The number of alkyl halides is 1. The van der Waals surface area contributed by atoms with Gasteiger partial charge in [-0.25, -0.2) is 0 Å². The fraction of sp³-hybridized carbons (Fsp3) is 0.714. The van der Waals surface area contributed by atoms with Gasteiger partial charge < -0.3 is 10.4 Å². The molecule has 1 heterocycles. The quantitative estimate of drug-likeness (QED) is 0.786. The monoisotopic (exact) mass is 386 g/mol. The molecule has 0 amide bonds. The smallest absolute Gasteiger partial charge is 0.124 e. The van der Waals surface area contributed by atoms with Crippen LogP contribution < -0.4 is 5.32 Å². The first-order valence-corrected chi connectivity index (χ1v) is 9.44. The standard InChI is InChI=1S/C21H35FN2O.ClH/c1-20(2,3)15-13-16(19(25)17(14-15)21(4,5)6)18(7-8-22)24-11-9-23-10-12-24;/h13-14,18,23,25H,7-12H2,1-6H3;1H/t18-;/m1./s1. The minimum absolute atomic E-state index is 0. The molecule has 0 bridgehead atoms. The molecule has 1 fully saturated rings.